The first-order valence-corrected chi connectivity index (χ1v) is 16.9. The molecule has 2 unspecified atom stereocenters. The summed E-state index contributed by atoms with van der Waals surface area (Å²) in [5, 5.41) is 0. The van der Waals surface area contributed by atoms with Crippen molar-refractivity contribution in [2.75, 3.05) is 26.2 Å². The molecule has 3 aliphatic heterocycles. The van der Waals surface area contributed by atoms with Crippen LogP contribution >= 0.6 is 0 Å². The molecule has 6 aliphatic rings. The predicted molar refractivity (Wildman–Crippen MR) is 170 cm³/mol. The van der Waals surface area contributed by atoms with Gasteiger partial charge in [-0.05, 0) is 67.9 Å². The molecule has 0 N–H and O–H groups in total. The van der Waals surface area contributed by atoms with Gasteiger partial charge in [0.1, 0.15) is 19.8 Å². The van der Waals surface area contributed by atoms with Gasteiger partial charge in [0.05, 0.1) is 23.7 Å². The van der Waals surface area contributed by atoms with Crippen molar-refractivity contribution in [1.82, 2.24) is 14.7 Å². The summed E-state index contributed by atoms with van der Waals surface area (Å²) >= 11 is 0. The molecule has 11 heteroatoms. The van der Waals surface area contributed by atoms with Crippen molar-refractivity contribution in [2.24, 2.45) is 17.8 Å². The molecular formula is C35H44BN3O7. The maximum absolute atomic E-state index is 14.0. The van der Waals surface area contributed by atoms with Gasteiger partial charge >= 0.3 is 19.3 Å². The van der Waals surface area contributed by atoms with Crippen LogP contribution in [0.1, 0.15) is 57.1 Å². The lowest BCUT2D eigenvalue weighted by Crippen LogP contribution is -2.60. The molecular weight excluding hydrogens is 585 g/mol. The Morgan fingerprint density at radius 2 is 1.65 bits per heavy atom. The van der Waals surface area contributed by atoms with E-state index in [-0.39, 0.29) is 55.9 Å². The zero-order valence-corrected chi connectivity index (χ0v) is 26.8. The van der Waals surface area contributed by atoms with Gasteiger partial charge in [0.25, 0.3) is 0 Å². The predicted octanol–water partition coefficient (Wildman–Crippen LogP) is 4.90. The van der Waals surface area contributed by atoms with Crippen LogP contribution in [0, 0.1) is 17.8 Å². The van der Waals surface area contributed by atoms with Crippen LogP contribution in [0.3, 0.4) is 0 Å². The van der Waals surface area contributed by atoms with E-state index in [1.54, 1.807) is 4.90 Å². The van der Waals surface area contributed by atoms with Crippen molar-refractivity contribution in [3.8, 4) is 0 Å². The molecule has 10 nitrogen and oxygen atoms in total. The second-order valence-corrected chi connectivity index (χ2v) is 13.9. The lowest BCUT2D eigenvalue weighted by molar-refractivity contribution is -0.152. The fraction of sp³-hybridized carbons (Fsp3) is 0.571. The standard InChI is InChI=1S/C35H44BN3O7/c1-24-27-18-29(24)35(2)30(19-27)45-36(46-35)31-14-9-16-38(31)32(40)21-39(34(42)44-23-26-12-7-4-8-13-26)28-15-17-37(20-28)33(41)43-22-25-10-5-3-6-11-25/h3-8,10-13,24,27-31H,9,14-23H2,1-2H3/t24?,27-,28?,29-,30+,31-,35-/m0/s1. The van der Waals surface area contributed by atoms with E-state index >= 15 is 0 Å². The number of rotatable bonds is 8. The van der Waals surface area contributed by atoms with Gasteiger partial charge < -0.3 is 28.6 Å². The molecule has 2 aromatic carbocycles. The van der Waals surface area contributed by atoms with E-state index < -0.39 is 19.3 Å². The fourth-order valence-corrected chi connectivity index (χ4v) is 8.41. The Bertz CT molecular complexity index is 1420. The molecule has 6 fully saturated rings. The molecule has 2 bridgehead atoms. The molecule has 2 aromatic rings. The molecule has 0 aromatic heterocycles. The van der Waals surface area contributed by atoms with E-state index in [0.29, 0.717) is 37.3 Å². The van der Waals surface area contributed by atoms with Crippen LogP contribution in [0.25, 0.3) is 0 Å². The van der Waals surface area contributed by atoms with Gasteiger partial charge in [-0.3, -0.25) is 9.69 Å². The Hall–Kier alpha value is -3.57. The summed E-state index contributed by atoms with van der Waals surface area (Å²) in [5.41, 5.74) is 1.45. The number of carbonyl (C=O) groups excluding carboxylic acids is 3. The smallest absolute Gasteiger partial charge is 0.445 e. The van der Waals surface area contributed by atoms with E-state index in [4.69, 9.17) is 18.8 Å². The first-order chi connectivity index (χ1) is 22.3. The third-order valence-corrected chi connectivity index (χ3v) is 11.2. The molecule has 0 spiro atoms. The summed E-state index contributed by atoms with van der Waals surface area (Å²) < 4.78 is 24.5. The summed E-state index contributed by atoms with van der Waals surface area (Å²) in [6.07, 6.45) is 3.43. The highest BCUT2D eigenvalue weighted by molar-refractivity contribution is 6.48. The van der Waals surface area contributed by atoms with Crippen molar-refractivity contribution in [2.45, 2.75) is 82.9 Å². The van der Waals surface area contributed by atoms with Gasteiger partial charge in [-0.25, -0.2) is 9.59 Å². The molecule has 244 valence electrons. The number of likely N-dealkylation sites (tertiary alicyclic amines) is 2. The third kappa shape index (κ3) is 5.99. The van der Waals surface area contributed by atoms with Crippen molar-refractivity contribution >= 4 is 25.2 Å². The number of hydrogen-bond donors (Lipinski definition) is 0. The fourth-order valence-electron chi connectivity index (χ4n) is 8.41. The Morgan fingerprint density at radius 1 is 0.957 bits per heavy atom. The highest BCUT2D eigenvalue weighted by Gasteiger charge is 2.65. The van der Waals surface area contributed by atoms with Crippen LogP contribution in [0.4, 0.5) is 9.59 Å². The van der Waals surface area contributed by atoms with Crippen LogP contribution < -0.4 is 0 Å². The number of hydrogen-bond acceptors (Lipinski definition) is 7. The molecule has 8 rings (SSSR count). The maximum atomic E-state index is 14.0. The van der Waals surface area contributed by atoms with Gasteiger partial charge in [-0.15, -0.1) is 0 Å². The van der Waals surface area contributed by atoms with Crippen molar-refractivity contribution < 1.29 is 33.2 Å². The van der Waals surface area contributed by atoms with Crippen LogP contribution in [-0.4, -0.2) is 89.8 Å². The third-order valence-electron chi connectivity index (χ3n) is 11.2. The second-order valence-electron chi connectivity index (χ2n) is 13.9. The number of ether oxygens (including phenoxy) is 2. The largest absolute Gasteiger partial charge is 0.481 e. The topological polar surface area (TPSA) is 97.9 Å². The molecule has 7 atom stereocenters. The quantitative estimate of drug-likeness (QED) is 0.383. The number of benzene rings is 2. The molecule has 3 saturated carbocycles. The van der Waals surface area contributed by atoms with Gasteiger partial charge in [-0.1, -0.05) is 67.6 Å². The van der Waals surface area contributed by atoms with E-state index in [0.717, 1.165) is 30.4 Å². The molecule has 3 amide bonds. The van der Waals surface area contributed by atoms with Crippen LogP contribution in [0.5, 0.6) is 0 Å². The zero-order chi connectivity index (χ0) is 31.8. The average molecular weight is 630 g/mol. The summed E-state index contributed by atoms with van der Waals surface area (Å²) in [6.45, 7) is 5.91. The minimum atomic E-state index is -0.571. The normalized spacial score (nSPS) is 31.3. The summed E-state index contributed by atoms with van der Waals surface area (Å²) in [7, 11) is -0.465. The van der Waals surface area contributed by atoms with E-state index in [1.165, 1.54) is 11.3 Å². The first-order valence-electron chi connectivity index (χ1n) is 16.9. The summed E-state index contributed by atoms with van der Waals surface area (Å²) in [5.74, 6) is 1.48. The van der Waals surface area contributed by atoms with Crippen LogP contribution in [0.15, 0.2) is 60.7 Å². The number of carbonyl (C=O) groups is 3. The molecule has 3 saturated heterocycles. The Labute approximate surface area is 271 Å². The lowest BCUT2D eigenvalue weighted by atomic mass is 9.51. The number of amides is 3. The molecule has 3 aliphatic carbocycles. The average Bonchev–Trinajstić information content (AvgIpc) is 3.84. The van der Waals surface area contributed by atoms with Gasteiger partial charge in [0.2, 0.25) is 5.91 Å². The Morgan fingerprint density at radius 3 is 2.35 bits per heavy atom. The molecule has 3 heterocycles. The second kappa shape index (κ2) is 12.9. The van der Waals surface area contributed by atoms with E-state index in [2.05, 4.69) is 13.8 Å². The highest BCUT2D eigenvalue weighted by atomic mass is 16.7. The monoisotopic (exact) mass is 629 g/mol. The Kier molecular flexibility index (Phi) is 8.72. The zero-order valence-electron chi connectivity index (χ0n) is 26.8. The highest BCUT2D eigenvalue weighted by Crippen LogP contribution is 2.59. The number of nitrogens with zero attached hydrogens (tertiary/aromatic N) is 3. The van der Waals surface area contributed by atoms with Gasteiger partial charge in [-0.2, -0.15) is 0 Å². The SMILES string of the molecule is CC1[C@@H]2C[C@H]3OB([C@@H]4CCCN4C(=O)CN(C(=O)OCc4ccccc4)C4CCN(C(=O)OCc5ccccc5)C4)O[C@@]3(C)[C@H]1C2. The maximum Gasteiger partial charge on any atom is 0.481 e. The van der Waals surface area contributed by atoms with Crippen molar-refractivity contribution in [3.05, 3.63) is 71.8 Å². The van der Waals surface area contributed by atoms with Crippen LogP contribution in [0.2, 0.25) is 0 Å². The van der Waals surface area contributed by atoms with E-state index in [9.17, 15) is 14.4 Å². The van der Waals surface area contributed by atoms with Gasteiger partial charge in [0.15, 0.2) is 0 Å². The molecule has 46 heavy (non-hydrogen) atoms. The summed E-state index contributed by atoms with van der Waals surface area (Å²) in [6, 6.07) is 18.6. The van der Waals surface area contributed by atoms with Crippen molar-refractivity contribution in [3.63, 3.8) is 0 Å². The minimum absolute atomic E-state index is 0.0607. The lowest BCUT2D eigenvalue weighted by Gasteiger charge is -2.58. The Balaban J connectivity index is 1.02. The summed E-state index contributed by atoms with van der Waals surface area (Å²) in [4.78, 5) is 45.5. The van der Waals surface area contributed by atoms with E-state index in [1.807, 2.05) is 65.6 Å². The minimum Gasteiger partial charge on any atom is -0.445 e. The first kappa shape index (κ1) is 31.1. The van der Waals surface area contributed by atoms with Crippen molar-refractivity contribution in [1.29, 1.82) is 0 Å². The van der Waals surface area contributed by atoms with Gasteiger partial charge in [0, 0.05) is 19.6 Å². The van der Waals surface area contributed by atoms with Crippen LogP contribution in [-0.2, 0) is 36.8 Å². The molecule has 0 radical (unpaired) electrons.